The predicted molar refractivity (Wildman–Crippen MR) is 59.2 cm³/mol. The van der Waals surface area contributed by atoms with Crippen molar-refractivity contribution in [2.24, 2.45) is 0 Å². The lowest BCUT2D eigenvalue weighted by molar-refractivity contribution is 0.198. The van der Waals surface area contributed by atoms with E-state index in [4.69, 9.17) is 4.74 Å². The lowest BCUT2D eigenvalue weighted by atomic mass is 10.2. The van der Waals surface area contributed by atoms with Gasteiger partial charge in [-0.05, 0) is 30.7 Å². The number of hydrogen-bond acceptors (Lipinski definition) is 4. The molecule has 0 bridgehead atoms. The van der Waals surface area contributed by atoms with Crippen LogP contribution in [0.2, 0.25) is 0 Å². The van der Waals surface area contributed by atoms with Gasteiger partial charge < -0.3 is 9.84 Å². The molecule has 82 valence electrons. The quantitative estimate of drug-likeness (QED) is 0.855. The third kappa shape index (κ3) is 2.55. The van der Waals surface area contributed by atoms with Crippen LogP contribution in [0.25, 0.3) is 0 Å². The van der Waals surface area contributed by atoms with E-state index in [-0.39, 0.29) is 0 Å². The molecule has 0 spiro atoms. The van der Waals surface area contributed by atoms with Crippen molar-refractivity contribution < 1.29 is 9.84 Å². The second-order valence-electron chi connectivity index (χ2n) is 3.40. The van der Waals surface area contributed by atoms with E-state index in [9.17, 15) is 5.11 Å². The summed E-state index contributed by atoms with van der Waals surface area (Å²) in [6, 6.07) is 7.09. The van der Waals surface area contributed by atoms with Crippen molar-refractivity contribution in [2.45, 2.75) is 13.0 Å². The number of hydrogen-bond donors (Lipinski definition) is 1. The van der Waals surface area contributed by atoms with Gasteiger partial charge in [0, 0.05) is 18.5 Å². The second-order valence-corrected chi connectivity index (χ2v) is 3.40. The molecule has 0 aromatic carbocycles. The largest absolute Gasteiger partial charge is 0.437 e. The summed E-state index contributed by atoms with van der Waals surface area (Å²) >= 11 is 0. The third-order valence-electron chi connectivity index (χ3n) is 2.10. The molecule has 0 aliphatic carbocycles. The molecule has 1 N–H and O–H groups in total. The molecular weight excluding hydrogens is 204 g/mol. The highest BCUT2D eigenvalue weighted by molar-refractivity contribution is 5.25. The van der Waals surface area contributed by atoms with Crippen molar-refractivity contribution in [1.82, 2.24) is 9.97 Å². The first-order valence-electron chi connectivity index (χ1n) is 4.97. The highest BCUT2D eigenvalue weighted by atomic mass is 16.5. The number of ether oxygens (including phenoxy) is 1. The first-order valence-corrected chi connectivity index (χ1v) is 4.97. The molecule has 1 atom stereocenters. The molecular formula is C12H12N2O2. The molecule has 4 heteroatoms. The molecule has 0 fully saturated rings. The van der Waals surface area contributed by atoms with Crippen LogP contribution in [-0.4, -0.2) is 15.1 Å². The fraction of sp³-hybridized carbons (Fsp3) is 0.167. The van der Waals surface area contributed by atoms with Gasteiger partial charge in [-0.2, -0.15) is 0 Å². The molecule has 0 aliphatic heterocycles. The fourth-order valence-electron chi connectivity index (χ4n) is 1.23. The van der Waals surface area contributed by atoms with Crippen LogP contribution < -0.4 is 4.74 Å². The van der Waals surface area contributed by atoms with Crippen molar-refractivity contribution in [3.63, 3.8) is 0 Å². The highest BCUT2D eigenvalue weighted by Gasteiger charge is 2.02. The van der Waals surface area contributed by atoms with Crippen molar-refractivity contribution >= 4 is 0 Å². The van der Waals surface area contributed by atoms with Crippen LogP contribution in [0, 0.1) is 0 Å². The van der Waals surface area contributed by atoms with Gasteiger partial charge >= 0.3 is 0 Å². The summed E-state index contributed by atoms with van der Waals surface area (Å²) in [7, 11) is 0. The Bertz CT molecular complexity index is 440. The van der Waals surface area contributed by atoms with Crippen molar-refractivity contribution in [3.8, 4) is 11.6 Å². The molecule has 2 rings (SSSR count). The summed E-state index contributed by atoms with van der Waals surface area (Å²) in [4.78, 5) is 8.02. The number of rotatable bonds is 3. The smallest absolute Gasteiger partial charge is 0.219 e. The van der Waals surface area contributed by atoms with E-state index < -0.39 is 6.10 Å². The summed E-state index contributed by atoms with van der Waals surface area (Å²) < 4.78 is 5.46. The number of aliphatic hydroxyl groups is 1. The number of aliphatic hydroxyl groups excluding tert-OH is 1. The Labute approximate surface area is 93.6 Å². The zero-order chi connectivity index (χ0) is 11.4. The van der Waals surface area contributed by atoms with Gasteiger partial charge in [-0.3, -0.25) is 4.98 Å². The first kappa shape index (κ1) is 10.6. The Hall–Kier alpha value is -1.94. The van der Waals surface area contributed by atoms with E-state index >= 15 is 0 Å². The Morgan fingerprint density at radius 3 is 2.69 bits per heavy atom. The highest BCUT2D eigenvalue weighted by Crippen LogP contribution is 2.19. The van der Waals surface area contributed by atoms with Gasteiger partial charge in [0.1, 0.15) is 5.75 Å². The summed E-state index contributed by atoms with van der Waals surface area (Å²) in [6.45, 7) is 1.69. The number of nitrogens with zero attached hydrogens (tertiary/aromatic N) is 2. The Morgan fingerprint density at radius 1 is 1.25 bits per heavy atom. The van der Waals surface area contributed by atoms with Gasteiger partial charge in [0.25, 0.3) is 0 Å². The molecule has 0 radical (unpaired) electrons. The second kappa shape index (κ2) is 4.72. The van der Waals surface area contributed by atoms with Crippen LogP contribution in [0.4, 0.5) is 0 Å². The van der Waals surface area contributed by atoms with E-state index in [2.05, 4.69) is 9.97 Å². The topological polar surface area (TPSA) is 55.2 Å². The average Bonchev–Trinajstić information content (AvgIpc) is 2.31. The maximum Gasteiger partial charge on any atom is 0.219 e. The molecule has 2 heterocycles. The van der Waals surface area contributed by atoms with Gasteiger partial charge in [0.2, 0.25) is 5.88 Å². The summed E-state index contributed by atoms with van der Waals surface area (Å²) in [5.74, 6) is 1.12. The van der Waals surface area contributed by atoms with Gasteiger partial charge in [-0.25, -0.2) is 4.98 Å². The van der Waals surface area contributed by atoms with Crippen LogP contribution in [0.3, 0.4) is 0 Å². The molecule has 2 aromatic heterocycles. The lowest BCUT2D eigenvalue weighted by Crippen LogP contribution is -1.93. The standard InChI is InChI=1S/C12H12N2O2/c1-9(15)10-4-5-12(14-7-10)16-11-3-2-6-13-8-11/h2-9,15H,1H3. The van der Waals surface area contributed by atoms with Crippen LogP contribution in [-0.2, 0) is 0 Å². The molecule has 2 aromatic rings. The minimum Gasteiger partial charge on any atom is -0.437 e. The summed E-state index contributed by atoms with van der Waals surface area (Å²) in [6.07, 6.45) is 4.37. The van der Waals surface area contributed by atoms with Gasteiger partial charge in [-0.15, -0.1) is 0 Å². The summed E-state index contributed by atoms with van der Waals surface area (Å²) in [5.41, 5.74) is 0.763. The zero-order valence-electron chi connectivity index (χ0n) is 8.87. The zero-order valence-corrected chi connectivity index (χ0v) is 8.87. The summed E-state index contributed by atoms with van der Waals surface area (Å²) in [5, 5.41) is 9.31. The van der Waals surface area contributed by atoms with Crippen LogP contribution in [0.5, 0.6) is 11.6 Å². The molecule has 0 saturated heterocycles. The number of pyridine rings is 2. The molecule has 4 nitrogen and oxygen atoms in total. The first-order chi connectivity index (χ1) is 7.75. The molecule has 0 aliphatic rings. The lowest BCUT2D eigenvalue weighted by Gasteiger charge is -2.06. The van der Waals surface area contributed by atoms with Crippen molar-refractivity contribution in [1.29, 1.82) is 0 Å². The van der Waals surface area contributed by atoms with Crippen LogP contribution >= 0.6 is 0 Å². The minimum absolute atomic E-state index is 0.484. The molecule has 16 heavy (non-hydrogen) atoms. The Morgan fingerprint density at radius 2 is 2.12 bits per heavy atom. The van der Waals surface area contributed by atoms with Crippen LogP contribution in [0.15, 0.2) is 42.9 Å². The minimum atomic E-state index is -0.514. The van der Waals surface area contributed by atoms with Gasteiger partial charge in [0.15, 0.2) is 0 Å². The van der Waals surface area contributed by atoms with Gasteiger partial charge in [0.05, 0.1) is 12.3 Å². The Kier molecular flexibility index (Phi) is 3.12. The number of aromatic nitrogens is 2. The maximum absolute atomic E-state index is 9.31. The van der Waals surface area contributed by atoms with Crippen LogP contribution in [0.1, 0.15) is 18.6 Å². The van der Waals surface area contributed by atoms with E-state index in [1.54, 1.807) is 49.8 Å². The molecule has 1 unspecified atom stereocenters. The average molecular weight is 216 g/mol. The predicted octanol–water partition coefficient (Wildman–Crippen LogP) is 2.32. The molecule has 0 amide bonds. The molecule has 0 saturated carbocycles. The van der Waals surface area contributed by atoms with E-state index in [1.165, 1.54) is 0 Å². The van der Waals surface area contributed by atoms with E-state index in [0.717, 1.165) is 5.56 Å². The third-order valence-corrected chi connectivity index (χ3v) is 2.10. The van der Waals surface area contributed by atoms with Gasteiger partial charge in [-0.1, -0.05) is 0 Å². The van der Waals surface area contributed by atoms with Crippen molar-refractivity contribution in [2.75, 3.05) is 0 Å². The fourth-order valence-corrected chi connectivity index (χ4v) is 1.23. The SMILES string of the molecule is CC(O)c1ccc(Oc2cccnc2)nc1. The monoisotopic (exact) mass is 216 g/mol. The van der Waals surface area contributed by atoms with E-state index in [0.29, 0.717) is 11.6 Å². The Balaban J connectivity index is 2.11. The maximum atomic E-state index is 9.31. The normalized spacial score (nSPS) is 12.1. The van der Waals surface area contributed by atoms with E-state index in [1.807, 2.05) is 0 Å². The van der Waals surface area contributed by atoms with Crippen molar-refractivity contribution in [3.05, 3.63) is 48.4 Å².